The Morgan fingerprint density at radius 2 is 1.92 bits per heavy atom. The van der Waals surface area contributed by atoms with E-state index in [2.05, 4.69) is 49.9 Å². The molecule has 0 bridgehead atoms. The van der Waals surface area contributed by atoms with Crippen molar-refractivity contribution < 1.29 is 14.3 Å². The number of aromatic nitrogens is 2. The maximum absolute atomic E-state index is 12.0. The van der Waals surface area contributed by atoms with Crippen molar-refractivity contribution in [3.05, 3.63) is 48.3 Å². The number of amides is 1. The number of nitrogens with zero attached hydrogens (tertiary/aromatic N) is 5. The first-order valence-corrected chi connectivity index (χ1v) is 13.1. The van der Waals surface area contributed by atoms with Crippen LogP contribution in [0.3, 0.4) is 0 Å². The highest BCUT2D eigenvalue weighted by Crippen LogP contribution is 2.39. The van der Waals surface area contributed by atoms with E-state index >= 15 is 0 Å². The van der Waals surface area contributed by atoms with E-state index in [1.165, 1.54) is 11.6 Å². The Hall–Kier alpha value is -3.17. The summed E-state index contributed by atoms with van der Waals surface area (Å²) < 4.78 is 11.7. The Kier molecular flexibility index (Phi) is 6.50. The molecular formula is C27H34N6O3. The number of morpholine rings is 1. The van der Waals surface area contributed by atoms with Crippen LogP contribution in [0.15, 0.2) is 37.2 Å². The summed E-state index contributed by atoms with van der Waals surface area (Å²) in [6.07, 6.45) is 6.35. The van der Waals surface area contributed by atoms with Gasteiger partial charge in [-0.05, 0) is 62.0 Å². The monoisotopic (exact) mass is 490 g/mol. The number of nitrogens with one attached hydrogen (secondary N) is 1. The van der Waals surface area contributed by atoms with Gasteiger partial charge in [-0.3, -0.25) is 9.69 Å². The zero-order valence-corrected chi connectivity index (χ0v) is 20.7. The first-order chi connectivity index (χ1) is 17.7. The van der Waals surface area contributed by atoms with Crippen LogP contribution in [-0.2, 0) is 16.1 Å². The lowest BCUT2D eigenvalue weighted by atomic mass is 9.88. The van der Waals surface area contributed by atoms with Gasteiger partial charge in [0.2, 0.25) is 5.91 Å². The Morgan fingerprint density at radius 3 is 2.72 bits per heavy atom. The van der Waals surface area contributed by atoms with Gasteiger partial charge in [-0.1, -0.05) is 12.6 Å². The maximum atomic E-state index is 12.0. The standard InChI is InChI=1S/C27H34N6O3/c1-2-25(34)33-10-7-21(16-33)31-8-5-19(6-9-31)20-3-4-24-23(15-20)30-26-22(17-36-24)27(29-18-28-26)32-11-13-35-14-12-32/h2-4,15,18-19,21H,1,5-14,16-17H2,(H,28,29,30). The Balaban J connectivity index is 1.13. The van der Waals surface area contributed by atoms with E-state index in [1.807, 2.05) is 4.90 Å². The van der Waals surface area contributed by atoms with Crippen LogP contribution in [0, 0.1) is 0 Å². The minimum atomic E-state index is 0.0518. The molecule has 9 nitrogen and oxygen atoms in total. The molecule has 0 aliphatic carbocycles. The molecule has 3 fully saturated rings. The van der Waals surface area contributed by atoms with E-state index in [0.29, 0.717) is 31.8 Å². The van der Waals surface area contributed by atoms with Crippen molar-refractivity contribution in [1.29, 1.82) is 0 Å². The van der Waals surface area contributed by atoms with E-state index in [4.69, 9.17) is 9.47 Å². The van der Waals surface area contributed by atoms with E-state index in [9.17, 15) is 4.79 Å². The van der Waals surface area contributed by atoms with Crippen molar-refractivity contribution >= 4 is 23.2 Å². The molecule has 190 valence electrons. The maximum Gasteiger partial charge on any atom is 0.246 e. The Labute approximate surface area is 212 Å². The molecule has 1 atom stereocenters. The second-order valence-electron chi connectivity index (χ2n) is 10.0. The lowest BCUT2D eigenvalue weighted by molar-refractivity contribution is -0.125. The van der Waals surface area contributed by atoms with Gasteiger partial charge >= 0.3 is 0 Å². The molecule has 0 radical (unpaired) electrons. The zero-order chi connectivity index (χ0) is 24.5. The van der Waals surface area contributed by atoms with E-state index in [0.717, 1.165) is 87.2 Å². The molecule has 3 saturated heterocycles. The molecule has 0 saturated carbocycles. The van der Waals surface area contributed by atoms with Crippen LogP contribution in [0.1, 0.15) is 36.3 Å². The second-order valence-corrected chi connectivity index (χ2v) is 10.0. The molecule has 1 aromatic carbocycles. The molecule has 5 heterocycles. The molecule has 2 aromatic rings. The lowest BCUT2D eigenvalue weighted by Gasteiger charge is -2.36. The topological polar surface area (TPSA) is 83.1 Å². The van der Waals surface area contributed by atoms with Gasteiger partial charge in [0.15, 0.2) is 0 Å². The number of piperidine rings is 1. The molecule has 9 heteroatoms. The van der Waals surface area contributed by atoms with Crippen molar-refractivity contribution in [3.63, 3.8) is 0 Å². The summed E-state index contributed by atoms with van der Waals surface area (Å²) in [4.78, 5) is 27.8. The van der Waals surface area contributed by atoms with Gasteiger partial charge in [-0.2, -0.15) is 0 Å². The lowest BCUT2D eigenvalue weighted by Crippen LogP contribution is -2.42. The van der Waals surface area contributed by atoms with Crippen molar-refractivity contribution in [1.82, 2.24) is 19.8 Å². The fraction of sp³-hybridized carbons (Fsp3) is 0.519. The fourth-order valence-corrected chi connectivity index (χ4v) is 5.96. The number of hydrogen-bond acceptors (Lipinski definition) is 8. The summed E-state index contributed by atoms with van der Waals surface area (Å²) in [5, 5.41) is 3.55. The first-order valence-electron chi connectivity index (χ1n) is 13.1. The number of anilines is 3. The summed E-state index contributed by atoms with van der Waals surface area (Å²) in [6, 6.07) is 7.01. The number of fused-ring (bicyclic) bond motifs is 2. The number of benzene rings is 1. The van der Waals surface area contributed by atoms with Crippen LogP contribution in [0.2, 0.25) is 0 Å². The summed E-state index contributed by atoms with van der Waals surface area (Å²) in [7, 11) is 0. The zero-order valence-electron chi connectivity index (χ0n) is 20.7. The van der Waals surface area contributed by atoms with Crippen LogP contribution in [0.25, 0.3) is 0 Å². The quantitative estimate of drug-likeness (QED) is 0.656. The van der Waals surface area contributed by atoms with Crippen molar-refractivity contribution in [3.8, 4) is 5.75 Å². The number of likely N-dealkylation sites (tertiary alicyclic amines) is 2. The normalized spacial score (nSPS) is 22.7. The summed E-state index contributed by atoms with van der Waals surface area (Å²) in [5.41, 5.74) is 3.30. The molecule has 36 heavy (non-hydrogen) atoms. The molecule has 4 aliphatic rings. The predicted molar refractivity (Wildman–Crippen MR) is 138 cm³/mol. The van der Waals surface area contributed by atoms with Gasteiger partial charge in [0.05, 0.1) is 24.5 Å². The third-order valence-electron chi connectivity index (χ3n) is 8.03. The van der Waals surface area contributed by atoms with Gasteiger partial charge < -0.3 is 24.6 Å². The molecule has 1 unspecified atom stereocenters. The summed E-state index contributed by atoms with van der Waals surface area (Å²) >= 11 is 0. The SMILES string of the molecule is C=CC(=O)N1CCC(N2CCC(c3ccc4c(c3)Nc3ncnc(N5CCOCC5)c3CO4)CC2)C1. The Bertz CT molecular complexity index is 1130. The minimum Gasteiger partial charge on any atom is -0.486 e. The van der Waals surface area contributed by atoms with Crippen molar-refractivity contribution in [2.45, 2.75) is 37.8 Å². The molecule has 1 amide bonds. The molecule has 1 aromatic heterocycles. The number of carbonyl (C=O) groups is 1. The molecule has 1 N–H and O–H groups in total. The fourth-order valence-electron chi connectivity index (χ4n) is 5.96. The van der Waals surface area contributed by atoms with Crippen LogP contribution in [0.5, 0.6) is 5.75 Å². The van der Waals surface area contributed by atoms with Crippen LogP contribution >= 0.6 is 0 Å². The number of rotatable bonds is 4. The Morgan fingerprint density at radius 1 is 1.08 bits per heavy atom. The molecule has 6 rings (SSSR count). The largest absolute Gasteiger partial charge is 0.486 e. The molecule has 4 aliphatic heterocycles. The van der Waals surface area contributed by atoms with Crippen LogP contribution in [-0.4, -0.2) is 84.2 Å². The van der Waals surface area contributed by atoms with Gasteiger partial charge in [0.25, 0.3) is 0 Å². The minimum absolute atomic E-state index is 0.0518. The predicted octanol–water partition coefficient (Wildman–Crippen LogP) is 2.92. The molecule has 0 spiro atoms. The van der Waals surface area contributed by atoms with E-state index < -0.39 is 0 Å². The van der Waals surface area contributed by atoms with E-state index in [1.54, 1.807) is 6.33 Å². The van der Waals surface area contributed by atoms with Crippen molar-refractivity contribution in [2.75, 3.05) is 62.7 Å². The average Bonchev–Trinajstić information content (AvgIpc) is 3.35. The van der Waals surface area contributed by atoms with Crippen LogP contribution < -0.4 is 15.0 Å². The third kappa shape index (κ3) is 4.53. The first kappa shape index (κ1) is 23.2. The van der Waals surface area contributed by atoms with Gasteiger partial charge in [0.1, 0.15) is 30.3 Å². The van der Waals surface area contributed by atoms with Gasteiger partial charge in [-0.15, -0.1) is 0 Å². The van der Waals surface area contributed by atoms with E-state index in [-0.39, 0.29) is 5.91 Å². The number of hydrogen-bond donors (Lipinski definition) is 1. The van der Waals surface area contributed by atoms with Crippen molar-refractivity contribution in [2.24, 2.45) is 0 Å². The summed E-state index contributed by atoms with van der Waals surface area (Å²) in [5.74, 6) is 3.15. The number of ether oxygens (including phenoxy) is 2. The van der Waals surface area contributed by atoms with Crippen LogP contribution in [0.4, 0.5) is 17.3 Å². The van der Waals surface area contributed by atoms with Gasteiger partial charge in [-0.25, -0.2) is 9.97 Å². The third-order valence-corrected chi connectivity index (χ3v) is 8.03. The highest BCUT2D eigenvalue weighted by Gasteiger charge is 2.32. The highest BCUT2D eigenvalue weighted by atomic mass is 16.5. The molecular weight excluding hydrogens is 456 g/mol. The second kappa shape index (κ2) is 10.1. The smallest absolute Gasteiger partial charge is 0.246 e. The number of carbonyl (C=O) groups excluding carboxylic acids is 1. The summed E-state index contributed by atoms with van der Waals surface area (Å²) in [6.45, 7) is 10.9. The average molecular weight is 491 g/mol. The highest BCUT2D eigenvalue weighted by molar-refractivity contribution is 5.87. The van der Waals surface area contributed by atoms with Gasteiger partial charge in [0, 0.05) is 32.2 Å².